The molecule has 3 heteroatoms. The summed E-state index contributed by atoms with van der Waals surface area (Å²) in [6.07, 6.45) is 0. The van der Waals surface area contributed by atoms with Crippen LogP contribution in [0.5, 0.6) is 0 Å². The molecule has 0 spiro atoms. The van der Waals surface area contributed by atoms with E-state index >= 15 is 0 Å². The van der Waals surface area contributed by atoms with Crippen molar-refractivity contribution < 1.29 is 15.0 Å². The summed E-state index contributed by atoms with van der Waals surface area (Å²) in [5, 5.41) is 20.0. The van der Waals surface area contributed by atoms with E-state index in [1.54, 1.807) is 44.2 Å². The first kappa shape index (κ1) is 12.9. The zero-order valence-electron chi connectivity index (χ0n) is 9.84. The van der Waals surface area contributed by atoms with E-state index in [1.807, 2.05) is 0 Å². The van der Waals surface area contributed by atoms with Crippen molar-refractivity contribution in [2.45, 2.75) is 26.6 Å². The Labute approximate surface area is 95.7 Å². The molecule has 1 rings (SSSR count). The molecule has 0 aromatic heterocycles. The molecule has 0 amide bonds. The van der Waals surface area contributed by atoms with Gasteiger partial charge in [0.15, 0.2) is 5.79 Å². The summed E-state index contributed by atoms with van der Waals surface area (Å²) in [5.74, 6) is -3.30. The Balaban J connectivity index is 2.98. The van der Waals surface area contributed by atoms with Crippen LogP contribution in [-0.4, -0.2) is 16.0 Å². The molecule has 0 saturated heterocycles. The van der Waals surface area contributed by atoms with E-state index in [-0.39, 0.29) is 11.7 Å². The molecule has 1 unspecified atom stereocenters. The Morgan fingerprint density at radius 2 is 1.62 bits per heavy atom. The van der Waals surface area contributed by atoms with E-state index in [9.17, 15) is 15.0 Å². The Morgan fingerprint density at radius 1 is 1.12 bits per heavy atom. The van der Waals surface area contributed by atoms with Gasteiger partial charge in [-0.2, -0.15) is 0 Å². The Kier molecular flexibility index (Phi) is 3.83. The minimum Gasteiger partial charge on any atom is -0.361 e. The van der Waals surface area contributed by atoms with Gasteiger partial charge in [-0.3, -0.25) is 4.79 Å². The van der Waals surface area contributed by atoms with Crippen LogP contribution in [0.1, 0.15) is 26.3 Å². The van der Waals surface area contributed by atoms with Gasteiger partial charge in [-0.1, -0.05) is 44.2 Å². The first-order chi connectivity index (χ1) is 7.37. The van der Waals surface area contributed by atoms with Crippen LogP contribution in [0, 0.1) is 11.8 Å². The zero-order valence-corrected chi connectivity index (χ0v) is 9.84. The molecule has 1 aromatic carbocycles. The van der Waals surface area contributed by atoms with E-state index < -0.39 is 11.7 Å². The highest BCUT2D eigenvalue weighted by atomic mass is 16.5. The fourth-order valence-corrected chi connectivity index (χ4v) is 1.63. The third kappa shape index (κ3) is 2.49. The molecule has 0 bridgehead atoms. The van der Waals surface area contributed by atoms with E-state index in [2.05, 4.69) is 0 Å². The largest absolute Gasteiger partial charge is 0.361 e. The fourth-order valence-electron chi connectivity index (χ4n) is 1.63. The first-order valence-electron chi connectivity index (χ1n) is 5.41. The number of carbonyl (C=O) groups is 1. The van der Waals surface area contributed by atoms with Crippen LogP contribution in [0.15, 0.2) is 30.3 Å². The van der Waals surface area contributed by atoms with Gasteiger partial charge in [0.25, 0.3) is 0 Å². The summed E-state index contributed by atoms with van der Waals surface area (Å²) < 4.78 is 0. The Morgan fingerprint density at radius 3 is 2.06 bits per heavy atom. The molecular weight excluding hydrogens is 204 g/mol. The van der Waals surface area contributed by atoms with Crippen molar-refractivity contribution in [3.63, 3.8) is 0 Å². The maximum Gasteiger partial charge on any atom is 0.199 e. The molecule has 1 aromatic rings. The average Bonchev–Trinajstić information content (AvgIpc) is 2.28. The van der Waals surface area contributed by atoms with Gasteiger partial charge in [-0.25, -0.2) is 0 Å². The van der Waals surface area contributed by atoms with Gasteiger partial charge in [-0.05, 0) is 6.92 Å². The van der Waals surface area contributed by atoms with Crippen LogP contribution < -0.4 is 0 Å². The van der Waals surface area contributed by atoms with Gasteiger partial charge in [-0.15, -0.1) is 0 Å². The average molecular weight is 222 g/mol. The van der Waals surface area contributed by atoms with Crippen LogP contribution in [0.4, 0.5) is 0 Å². The van der Waals surface area contributed by atoms with Gasteiger partial charge in [0.05, 0.1) is 5.92 Å². The molecule has 3 nitrogen and oxygen atoms in total. The van der Waals surface area contributed by atoms with Crippen LogP contribution >= 0.6 is 0 Å². The molecule has 2 N–H and O–H groups in total. The quantitative estimate of drug-likeness (QED) is 0.762. The smallest absolute Gasteiger partial charge is 0.199 e. The number of rotatable bonds is 4. The second-order valence-corrected chi connectivity index (χ2v) is 4.37. The molecular formula is C13H18O3. The van der Waals surface area contributed by atoms with Gasteiger partial charge in [0.1, 0.15) is 5.78 Å². The van der Waals surface area contributed by atoms with Crippen molar-refractivity contribution in [3.8, 4) is 0 Å². The van der Waals surface area contributed by atoms with E-state index in [0.29, 0.717) is 5.56 Å². The number of benzene rings is 1. The summed E-state index contributed by atoms with van der Waals surface area (Å²) >= 11 is 0. The van der Waals surface area contributed by atoms with Crippen LogP contribution in [0.25, 0.3) is 0 Å². The Bertz CT molecular complexity index is 355. The summed E-state index contributed by atoms with van der Waals surface area (Å²) in [6, 6.07) is 8.41. The molecule has 0 saturated carbocycles. The lowest BCUT2D eigenvalue weighted by molar-refractivity contribution is -0.206. The summed E-state index contributed by atoms with van der Waals surface area (Å²) in [7, 11) is 0. The fraction of sp³-hybridized carbons (Fsp3) is 0.462. The van der Waals surface area contributed by atoms with Crippen LogP contribution in [-0.2, 0) is 10.6 Å². The number of carbonyl (C=O) groups excluding carboxylic acids is 1. The van der Waals surface area contributed by atoms with Gasteiger partial charge < -0.3 is 10.2 Å². The summed E-state index contributed by atoms with van der Waals surface area (Å²) in [5.41, 5.74) is 0.344. The topological polar surface area (TPSA) is 57.5 Å². The molecule has 0 aliphatic carbocycles. The number of hydrogen-bond acceptors (Lipinski definition) is 3. The maximum atomic E-state index is 11.7. The lowest BCUT2D eigenvalue weighted by Crippen LogP contribution is -2.39. The highest BCUT2D eigenvalue weighted by Gasteiger charge is 2.38. The first-order valence-corrected chi connectivity index (χ1v) is 5.41. The van der Waals surface area contributed by atoms with Gasteiger partial charge >= 0.3 is 0 Å². The van der Waals surface area contributed by atoms with Crippen molar-refractivity contribution in [1.82, 2.24) is 0 Å². The van der Waals surface area contributed by atoms with Crippen molar-refractivity contribution in [3.05, 3.63) is 35.9 Å². The van der Waals surface area contributed by atoms with Gasteiger partial charge in [0, 0.05) is 11.5 Å². The lowest BCUT2D eigenvalue weighted by Gasteiger charge is -2.29. The maximum absolute atomic E-state index is 11.7. The SMILES string of the molecule is CC(C)C(=O)C(C)C(O)(O)c1ccccc1. The minimum absolute atomic E-state index is 0.158. The van der Waals surface area contributed by atoms with E-state index in [1.165, 1.54) is 6.92 Å². The normalized spacial score (nSPS) is 13.9. The van der Waals surface area contributed by atoms with Crippen molar-refractivity contribution in [2.75, 3.05) is 0 Å². The number of hydrogen-bond donors (Lipinski definition) is 2. The molecule has 88 valence electrons. The Hall–Kier alpha value is -1.19. The third-order valence-corrected chi connectivity index (χ3v) is 2.80. The van der Waals surface area contributed by atoms with Crippen molar-refractivity contribution in [1.29, 1.82) is 0 Å². The molecule has 0 aliphatic heterocycles. The third-order valence-electron chi connectivity index (χ3n) is 2.80. The predicted octanol–water partition coefficient (Wildman–Crippen LogP) is 1.69. The second kappa shape index (κ2) is 4.76. The second-order valence-electron chi connectivity index (χ2n) is 4.37. The number of ketones is 1. The molecule has 16 heavy (non-hydrogen) atoms. The van der Waals surface area contributed by atoms with Crippen LogP contribution in [0.2, 0.25) is 0 Å². The standard InChI is InChI=1S/C13H18O3/c1-9(2)12(14)10(3)13(15,16)11-7-5-4-6-8-11/h4-10,15-16H,1-3H3. The molecule has 0 heterocycles. The monoisotopic (exact) mass is 222 g/mol. The number of aliphatic hydroxyl groups is 2. The lowest BCUT2D eigenvalue weighted by atomic mass is 9.86. The molecule has 0 radical (unpaired) electrons. The van der Waals surface area contributed by atoms with E-state index in [0.717, 1.165) is 0 Å². The highest BCUT2D eigenvalue weighted by molar-refractivity contribution is 5.83. The number of Topliss-reactive ketones (excluding diaryl/α,β-unsaturated/α-hetero) is 1. The molecule has 0 aliphatic rings. The summed E-state index contributed by atoms with van der Waals surface area (Å²) in [4.78, 5) is 11.7. The van der Waals surface area contributed by atoms with Crippen LogP contribution in [0.3, 0.4) is 0 Å². The molecule has 1 atom stereocenters. The predicted molar refractivity (Wildman–Crippen MR) is 61.6 cm³/mol. The van der Waals surface area contributed by atoms with Crippen molar-refractivity contribution in [2.24, 2.45) is 11.8 Å². The molecule has 0 fully saturated rings. The van der Waals surface area contributed by atoms with Crippen molar-refractivity contribution >= 4 is 5.78 Å². The summed E-state index contributed by atoms with van der Waals surface area (Å²) in [6.45, 7) is 5.04. The highest BCUT2D eigenvalue weighted by Crippen LogP contribution is 2.28. The van der Waals surface area contributed by atoms with E-state index in [4.69, 9.17) is 0 Å². The zero-order chi connectivity index (χ0) is 12.3. The minimum atomic E-state index is -2.09. The van der Waals surface area contributed by atoms with Gasteiger partial charge in [0.2, 0.25) is 0 Å².